The summed E-state index contributed by atoms with van der Waals surface area (Å²) in [6.07, 6.45) is 2.07. The number of amides is 3. The zero-order valence-electron chi connectivity index (χ0n) is 13.9. The predicted octanol–water partition coefficient (Wildman–Crippen LogP) is 2.30. The third-order valence-corrected chi connectivity index (χ3v) is 3.84. The van der Waals surface area contributed by atoms with E-state index in [1.165, 1.54) is 4.90 Å². The first-order valence-corrected chi connectivity index (χ1v) is 8.10. The van der Waals surface area contributed by atoms with Gasteiger partial charge in [0, 0.05) is 23.8 Å². The third-order valence-electron chi connectivity index (χ3n) is 3.84. The van der Waals surface area contributed by atoms with Crippen LogP contribution in [0.1, 0.15) is 43.5 Å². The number of likely N-dealkylation sites (tertiary alicyclic amines) is 1. The monoisotopic (exact) mass is 333 g/mol. The first kappa shape index (κ1) is 17.8. The minimum atomic E-state index is -0.978. The molecule has 7 heteroatoms. The molecule has 130 valence electrons. The fourth-order valence-corrected chi connectivity index (χ4v) is 2.76. The molecule has 24 heavy (non-hydrogen) atoms. The van der Waals surface area contributed by atoms with Crippen LogP contribution in [0, 0.1) is 0 Å². The highest BCUT2D eigenvalue weighted by atomic mass is 16.4. The smallest absolute Gasteiger partial charge is 0.326 e. The highest BCUT2D eigenvalue weighted by molar-refractivity contribution is 5.98. The zero-order chi connectivity index (χ0) is 17.7. The van der Waals surface area contributed by atoms with Gasteiger partial charge in [-0.15, -0.1) is 0 Å². The average molecular weight is 333 g/mol. The van der Waals surface area contributed by atoms with Crippen molar-refractivity contribution < 1.29 is 19.5 Å². The highest BCUT2D eigenvalue weighted by Crippen LogP contribution is 2.21. The van der Waals surface area contributed by atoms with Crippen LogP contribution in [-0.2, 0) is 4.79 Å². The largest absolute Gasteiger partial charge is 0.480 e. The topological polar surface area (TPSA) is 98.7 Å². The van der Waals surface area contributed by atoms with Crippen LogP contribution in [0.4, 0.5) is 10.5 Å². The van der Waals surface area contributed by atoms with Gasteiger partial charge >= 0.3 is 12.0 Å². The van der Waals surface area contributed by atoms with Gasteiger partial charge in [0.2, 0.25) is 0 Å². The molecule has 1 saturated heterocycles. The number of carbonyl (C=O) groups is 3. The number of benzene rings is 1. The Labute approximate surface area is 141 Å². The molecule has 1 aliphatic heterocycles. The van der Waals surface area contributed by atoms with Gasteiger partial charge in [0.05, 0.1) is 0 Å². The SMILES string of the molecule is CC(C)NC(=O)Nc1cccc(C(=O)N2CCCCC2C(=O)O)c1. The van der Waals surface area contributed by atoms with Crippen LogP contribution < -0.4 is 10.6 Å². The Hall–Kier alpha value is -2.57. The number of carbonyl (C=O) groups excluding carboxylic acids is 2. The second kappa shape index (κ2) is 7.81. The van der Waals surface area contributed by atoms with E-state index in [1.54, 1.807) is 24.3 Å². The molecule has 1 atom stereocenters. The van der Waals surface area contributed by atoms with Crippen LogP contribution in [0.5, 0.6) is 0 Å². The number of nitrogens with zero attached hydrogens (tertiary/aromatic N) is 1. The Morgan fingerprint density at radius 1 is 1.25 bits per heavy atom. The van der Waals surface area contributed by atoms with Crippen molar-refractivity contribution in [2.75, 3.05) is 11.9 Å². The molecule has 1 heterocycles. The molecule has 1 fully saturated rings. The highest BCUT2D eigenvalue weighted by Gasteiger charge is 2.32. The fourth-order valence-electron chi connectivity index (χ4n) is 2.76. The van der Waals surface area contributed by atoms with E-state index in [-0.39, 0.29) is 18.0 Å². The normalized spacial score (nSPS) is 17.5. The molecule has 0 radical (unpaired) electrons. The predicted molar refractivity (Wildman–Crippen MR) is 90.0 cm³/mol. The minimum absolute atomic E-state index is 0.000473. The summed E-state index contributed by atoms with van der Waals surface area (Å²) in [5, 5.41) is 14.7. The van der Waals surface area contributed by atoms with Crippen LogP contribution in [-0.4, -0.2) is 46.5 Å². The number of hydrogen-bond acceptors (Lipinski definition) is 3. The van der Waals surface area contributed by atoms with Crippen molar-refractivity contribution in [2.24, 2.45) is 0 Å². The lowest BCUT2D eigenvalue weighted by molar-refractivity contribution is -0.143. The first-order valence-electron chi connectivity index (χ1n) is 8.10. The minimum Gasteiger partial charge on any atom is -0.480 e. The number of anilines is 1. The molecule has 0 aliphatic carbocycles. The first-order chi connectivity index (χ1) is 11.4. The van der Waals surface area contributed by atoms with Crippen molar-refractivity contribution in [3.8, 4) is 0 Å². The molecule has 0 aromatic heterocycles. The van der Waals surface area contributed by atoms with Crippen LogP contribution >= 0.6 is 0 Å². The maximum atomic E-state index is 12.7. The van der Waals surface area contributed by atoms with Gasteiger partial charge in [-0.2, -0.15) is 0 Å². The fraction of sp³-hybridized carbons (Fsp3) is 0.471. The number of aliphatic carboxylic acids is 1. The maximum Gasteiger partial charge on any atom is 0.326 e. The van der Waals surface area contributed by atoms with Gasteiger partial charge in [-0.1, -0.05) is 6.07 Å². The summed E-state index contributed by atoms with van der Waals surface area (Å²) in [7, 11) is 0. The van der Waals surface area contributed by atoms with Crippen molar-refractivity contribution >= 4 is 23.6 Å². The van der Waals surface area contributed by atoms with E-state index in [1.807, 2.05) is 13.8 Å². The summed E-state index contributed by atoms with van der Waals surface area (Å²) < 4.78 is 0. The summed E-state index contributed by atoms with van der Waals surface area (Å²) in [5.74, 6) is -1.30. The molecule has 0 bridgehead atoms. The quantitative estimate of drug-likeness (QED) is 0.787. The van der Waals surface area contributed by atoms with Gasteiger partial charge in [0.1, 0.15) is 6.04 Å². The molecule has 3 amide bonds. The van der Waals surface area contributed by atoms with E-state index in [0.29, 0.717) is 24.2 Å². The lowest BCUT2D eigenvalue weighted by Gasteiger charge is -2.33. The molecule has 1 aliphatic rings. The lowest BCUT2D eigenvalue weighted by atomic mass is 10.0. The third kappa shape index (κ3) is 4.47. The zero-order valence-corrected chi connectivity index (χ0v) is 13.9. The van der Waals surface area contributed by atoms with E-state index >= 15 is 0 Å². The summed E-state index contributed by atoms with van der Waals surface area (Å²) in [5.41, 5.74) is 0.855. The van der Waals surface area contributed by atoms with Gasteiger partial charge in [-0.25, -0.2) is 9.59 Å². The van der Waals surface area contributed by atoms with E-state index in [4.69, 9.17) is 0 Å². The molecule has 3 N–H and O–H groups in total. The van der Waals surface area contributed by atoms with Gasteiger partial charge in [0.15, 0.2) is 0 Å². The Morgan fingerprint density at radius 3 is 2.67 bits per heavy atom. The number of urea groups is 1. The standard InChI is InChI=1S/C17H23N3O4/c1-11(2)18-17(24)19-13-7-5-6-12(10-13)15(21)20-9-4-3-8-14(20)16(22)23/h5-7,10-11,14H,3-4,8-9H2,1-2H3,(H,22,23)(H2,18,19,24). The summed E-state index contributed by atoms with van der Waals surface area (Å²) in [6, 6.07) is 5.40. The van der Waals surface area contributed by atoms with Crippen molar-refractivity contribution in [1.29, 1.82) is 0 Å². The summed E-state index contributed by atoms with van der Waals surface area (Å²) >= 11 is 0. The van der Waals surface area contributed by atoms with Gasteiger partial charge in [0.25, 0.3) is 5.91 Å². The average Bonchev–Trinajstić information content (AvgIpc) is 2.53. The van der Waals surface area contributed by atoms with E-state index in [0.717, 1.165) is 12.8 Å². The number of hydrogen-bond donors (Lipinski definition) is 3. The Bertz CT molecular complexity index is 630. The van der Waals surface area contributed by atoms with Gasteiger partial charge < -0.3 is 20.6 Å². The Morgan fingerprint density at radius 2 is 2.00 bits per heavy atom. The van der Waals surface area contributed by atoms with Crippen LogP contribution in [0.3, 0.4) is 0 Å². The maximum absolute atomic E-state index is 12.7. The molecule has 1 unspecified atom stereocenters. The Kier molecular flexibility index (Phi) is 5.78. The second-order valence-corrected chi connectivity index (χ2v) is 6.18. The molecule has 7 nitrogen and oxygen atoms in total. The molecule has 0 saturated carbocycles. The number of carboxylic acid groups (broad SMARTS) is 1. The van der Waals surface area contributed by atoms with Crippen molar-refractivity contribution in [1.82, 2.24) is 10.2 Å². The molecule has 1 aromatic carbocycles. The van der Waals surface area contributed by atoms with Crippen molar-refractivity contribution in [3.63, 3.8) is 0 Å². The summed E-state index contributed by atoms with van der Waals surface area (Å²) in [4.78, 5) is 37.2. The summed E-state index contributed by atoms with van der Waals surface area (Å²) in [6.45, 7) is 4.13. The molecule has 2 rings (SSSR count). The number of rotatable bonds is 4. The van der Waals surface area contributed by atoms with Crippen molar-refractivity contribution in [3.05, 3.63) is 29.8 Å². The lowest BCUT2D eigenvalue weighted by Crippen LogP contribution is -2.48. The number of nitrogens with one attached hydrogen (secondary N) is 2. The van der Waals surface area contributed by atoms with Crippen LogP contribution in [0.2, 0.25) is 0 Å². The second-order valence-electron chi connectivity index (χ2n) is 6.18. The van der Waals surface area contributed by atoms with Crippen LogP contribution in [0.15, 0.2) is 24.3 Å². The van der Waals surface area contributed by atoms with Crippen LogP contribution in [0.25, 0.3) is 0 Å². The van der Waals surface area contributed by atoms with E-state index in [9.17, 15) is 19.5 Å². The van der Waals surface area contributed by atoms with Gasteiger partial charge in [-0.05, 0) is 51.3 Å². The van der Waals surface area contributed by atoms with E-state index < -0.39 is 12.0 Å². The number of piperidine rings is 1. The molecular weight excluding hydrogens is 310 g/mol. The number of carboxylic acids is 1. The van der Waals surface area contributed by atoms with Gasteiger partial charge in [-0.3, -0.25) is 4.79 Å². The molecule has 1 aromatic rings. The van der Waals surface area contributed by atoms with Crippen molar-refractivity contribution in [2.45, 2.75) is 45.2 Å². The van der Waals surface area contributed by atoms with E-state index in [2.05, 4.69) is 10.6 Å². The molecular formula is C17H23N3O4. The molecule has 0 spiro atoms. The Balaban J connectivity index is 2.13.